The molecule has 0 radical (unpaired) electrons. The molecule has 4 aliphatic heterocycles. The Morgan fingerprint density at radius 1 is 1.07 bits per heavy atom. The van der Waals surface area contributed by atoms with Gasteiger partial charge in [0.15, 0.2) is 6.04 Å². The van der Waals surface area contributed by atoms with Gasteiger partial charge in [-0.2, -0.15) is 5.06 Å². The number of nitrogens with one attached hydrogen (secondary N) is 1. The number of phenols is 1. The summed E-state index contributed by atoms with van der Waals surface area (Å²) in [6.45, 7) is 0.439. The van der Waals surface area contributed by atoms with E-state index in [1.54, 1.807) is 22.1 Å². The molecule has 7 rings (SSSR count). The molecule has 4 heterocycles. The number of fused-ring (bicyclic) bond motifs is 4. The van der Waals surface area contributed by atoms with Crippen molar-refractivity contribution in [3.63, 3.8) is 0 Å². The van der Waals surface area contributed by atoms with Gasteiger partial charge in [0, 0.05) is 19.5 Å². The molecule has 3 N–H and O–H groups in total. The molecule has 238 valence electrons. The number of hydroxylamine groups is 2. The van der Waals surface area contributed by atoms with Gasteiger partial charge in [-0.3, -0.25) is 19.2 Å². The van der Waals surface area contributed by atoms with Gasteiger partial charge in [0.25, 0.3) is 0 Å². The van der Waals surface area contributed by atoms with Crippen LogP contribution in [-0.4, -0.2) is 101 Å². The number of carbonyl (C=O) groups is 3. The Kier molecular flexibility index (Phi) is 8.09. The highest BCUT2D eigenvalue weighted by molar-refractivity contribution is 5.96. The number of rotatable bonds is 9. The zero-order valence-corrected chi connectivity index (χ0v) is 24.7. The van der Waals surface area contributed by atoms with E-state index in [9.17, 15) is 24.6 Å². The summed E-state index contributed by atoms with van der Waals surface area (Å²) in [7, 11) is 0. The van der Waals surface area contributed by atoms with Gasteiger partial charge in [0.05, 0.1) is 13.2 Å². The summed E-state index contributed by atoms with van der Waals surface area (Å²) in [6, 6.07) is 13.1. The lowest BCUT2D eigenvalue weighted by Crippen LogP contribution is -2.70. The summed E-state index contributed by atoms with van der Waals surface area (Å²) in [5.74, 6) is -0.989. The minimum Gasteiger partial charge on any atom is -0.508 e. The second-order valence-electron chi connectivity index (χ2n) is 12.2. The van der Waals surface area contributed by atoms with E-state index in [1.165, 1.54) is 0 Å². The molecule has 2 amide bonds. The Morgan fingerprint density at radius 3 is 2.67 bits per heavy atom. The molecular weight excluding hydrogens is 582 g/mol. The highest BCUT2D eigenvalue weighted by Crippen LogP contribution is 2.56. The number of carbonyl (C=O) groups excluding carboxylic acids is 3. The number of benzene rings is 2. The summed E-state index contributed by atoms with van der Waals surface area (Å²) in [4.78, 5) is 49.7. The Morgan fingerprint density at radius 2 is 1.84 bits per heavy atom. The maximum atomic E-state index is 14.7. The van der Waals surface area contributed by atoms with Crippen molar-refractivity contribution in [2.45, 2.75) is 68.7 Å². The standard InChI is InChI=1S/C33H37N3O9/c37-16-14-34-30(39)23-12-6-15-35(23)32(41)33-17-25-26-27(43-19-42-26)29(33)45-36(28(33)31(40)44-25)18-22-9-2-1-7-20(22)10-5-11-21-8-3-4-13-24(21)38/h1-5,7-10,13,23,25-29,37-38H,6,11-12,14-19H2,(H,34,39)/t23-,25-,26+,27+,28+,29-,33+/m1/s1. The third kappa shape index (κ3) is 5.10. The highest BCUT2D eigenvalue weighted by Gasteiger charge is 2.75. The van der Waals surface area contributed by atoms with Crippen LogP contribution in [0, 0.1) is 5.41 Å². The Bertz CT molecular complexity index is 1500. The van der Waals surface area contributed by atoms with Crippen LogP contribution in [0.15, 0.2) is 54.6 Å². The first kappa shape index (κ1) is 29.9. The zero-order chi connectivity index (χ0) is 31.1. The number of likely N-dealkylation sites (tertiary alicyclic amines) is 1. The predicted molar refractivity (Wildman–Crippen MR) is 158 cm³/mol. The lowest BCUT2D eigenvalue weighted by molar-refractivity contribution is -0.204. The van der Waals surface area contributed by atoms with E-state index in [-0.39, 0.29) is 50.5 Å². The SMILES string of the molecule is O=C(NCCO)[C@H]1CCCN1C(=O)[C@@]12C[C@H]3OC(=O)[C@@H]1N(Cc1ccccc1C=CCc1ccccc1O)O[C@@H]2[C@H]1OCO[C@H]13. The van der Waals surface area contributed by atoms with Crippen LogP contribution in [0.1, 0.15) is 36.0 Å². The van der Waals surface area contributed by atoms with Crippen LogP contribution in [0.5, 0.6) is 5.75 Å². The fourth-order valence-electron chi connectivity index (χ4n) is 7.66. The number of esters is 1. The maximum absolute atomic E-state index is 14.7. The zero-order valence-electron chi connectivity index (χ0n) is 24.7. The Balaban J connectivity index is 1.20. The molecule has 5 fully saturated rings. The third-order valence-corrected chi connectivity index (χ3v) is 9.71. The molecule has 5 aliphatic rings. The van der Waals surface area contributed by atoms with E-state index in [0.717, 1.165) is 16.7 Å². The first-order valence-electron chi connectivity index (χ1n) is 15.5. The van der Waals surface area contributed by atoms with E-state index in [2.05, 4.69) is 5.32 Å². The van der Waals surface area contributed by atoms with Crippen LogP contribution in [-0.2, 0) is 46.4 Å². The molecule has 12 nitrogen and oxygen atoms in total. The minimum atomic E-state index is -1.34. The van der Waals surface area contributed by atoms with E-state index in [4.69, 9.17) is 19.0 Å². The molecule has 0 unspecified atom stereocenters. The number of aliphatic hydroxyl groups is 1. The van der Waals surface area contributed by atoms with Crippen molar-refractivity contribution >= 4 is 23.9 Å². The Labute approximate surface area is 260 Å². The average Bonchev–Trinajstić information content (AvgIpc) is 3.80. The van der Waals surface area contributed by atoms with E-state index >= 15 is 0 Å². The molecule has 0 spiro atoms. The predicted octanol–water partition coefficient (Wildman–Crippen LogP) is 1.29. The number of amides is 2. The number of allylic oxidation sites excluding steroid dienone is 1. The van der Waals surface area contributed by atoms with Gasteiger partial charge >= 0.3 is 5.97 Å². The topological polar surface area (TPSA) is 147 Å². The van der Waals surface area contributed by atoms with Gasteiger partial charge in [-0.15, -0.1) is 0 Å². The first-order chi connectivity index (χ1) is 21.9. The summed E-state index contributed by atoms with van der Waals surface area (Å²) in [6.07, 6.45) is 3.07. The molecule has 2 aromatic rings. The van der Waals surface area contributed by atoms with Gasteiger partial charge < -0.3 is 34.6 Å². The molecule has 45 heavy (non-hydrogen) atoms. The first-order valence-corrected chi connectivity index (χ1v) is 15.5. The number of ether oxygens (including phenoxy) is 3. The van der Waals surface area contributed by atoms with E-state index < -0.39 is 47.9 Å². The number of nitrogens with zero attached hydrogens (tertiary/aromatic N) is 2. The third-order valence-electron chi connectivity index (χ3n) is 9.71. The number of hydrogen-bond donors (Lipinski definition) is 3. The average molecular weight is 620 g/mol. The quantitative estimate of drug-likeness (QED) is 0.351. The van der Waals surface area contributed by atoms with Gasteiger partial charge in [-0.1, -0.05) is 54.6 Å². The molecule has 12 heteroatoms. The van der Waals surface area contributed by atoms with Crippen LogP contribution in [0.3, 0.4) is 0 Å². The monoisotopic (exact) mass is 619 g/mol. The van der Waals surface area contributed by atoms with Gasteiger partial charge in [0.2, 0.25) is 11.8 Å². The normalized spacial score (nSPS) is 32.1. The van der Waals surface area contributed by atoms with Crippen molar-refractivity contribution in [1.29, 1.82) is 0 Å². The molecule has 0 aromatic heterocycles. The van der Waals surface area contributed by atoms with Gasteiger partial charge in [0.1, 0.15) is 48.4 Å². The highest BCUT2D eigenvalue weighted by atomic mass is 16.8. The smallest absolute Gasteiger partial charge is 0.327 e. The molecule has 7 atom stereocenters. The second kappa shape index (κ2) is 12.2. The van der Waals surface area contributed by atoms with Crippen molar-refractivity contribution in [3.05, 3.63) is 71.3 Å². The maximum Gasteiger partial charge on any atom is 0.327 e. The largest absolute Gasteiger partial charge is 0.508 e. The molecule has 2 aromatic carbocycles. The summed E-state index contributed by atoms with van der Waals surface area (Å²) in [5, 5.41) is 23.6. The fraction of sp³-hybridized carbons (Fsp3) is 0.485. The van der Waals surface area contributed by atoms with E-state index in [0.29, 0.717) is 25.8 Å². The van der Waals surface area contributed by atoms with E-state index in [1.807, 2.05) is 48.6 Å². The van der Waals surface area contributed by atoms with Gasteiger partial charge in [-0.25, -0.2) is 0 Å². The van der Waals surface area contributed by atoms with Crippen molar-refractivity contribution in [2.24, 2.45) is 5.41 Å². The number of hydrogen-bond acceptors (Lipinski definition) is 10. The molecule has 1 aliphatic carbocycles. The minimum absolute atomic E-state index is 0.00131. The lowest BCUT2D eigenvalue weighted by atomic mass is 9.62. The van der Waals surface area contributed by atoms with Crippen LogP contribution < -0.4 is 5.32 Å². The number of aliphatic hydroxyl groups excluding tert-OH is 1. The van der Waals surface area contributed by atoms with Crippen molar-refractivity contribution in [3.8, 4) is 5.75 Å². The number of para-hydroxylation sites is 1. The van der Waals surface area contributed by atoms with Gasteiger partial charge in [-0.05, 0) is 42.0 Å². The van der Waals surface area contributed by atoms with Crippen LogP contribution in [0.25, 0.3) is 6.08 Å². The Hall–Kier alpha value is -3.81. The summed E-state index contributed by atoms with van der Waals surface area (Å²) >= 11 is 0. The van der Waals surface area contributed by atoms with Crippen LogP contribution in [0.4, 0.5) is 0 Å². The molecule has 1 saturated carbocycles. The molecular formula is C33H37N3O9. The van der Waals surface area contributed by atoms with Crippen molar-refractivity contribution in [1.82, 2.24) is 15.3 Å². The summed E-state index contributed by atoms with van der Waals surface area (Å²) < 4.78 is 17.7. The number of phenolic OH excluding ortho intramolecular Hbond substituents is 1. The molecule has 4 saturated heterocycles. The lowest BCUT2D eigenvalue weighted by Gasteiger charge is -2.50. The van der Waals surface area contributed by atoms with Crippen molar-refractivity contribution in [2.75, 3.05) is 26.5 Å². The number of aromatic hydroxyl groups is 1. The molecule has 2 bridgehead atoms. The van der Waals surface area contributed by atoms with Crippen molar-refractivity contribution < 1.29 is 43.6 Å². The summed E-state index contributed by atoms with van der Waals surface area (Å²) in [5.41, 5.74) is 1.22. The fourth-order valence-corrected chi connectivity index (χ4v) is 7.66. The van der Waals surface area contributed by atoms with Crippen LogP contribution >= 0.6 is 0 Å². The second-order valence-corrected chi connectivity index (χ2v) is 12.2. The van der Waals surface area contributed by atoms with Crippen LogP contribution in [0.2, 0.25) is 0 Å².